The van der Waals surface area contributed by atoms with Crippen LogP contribution in [0.25, 0.3) is 0 Å². The number of amides is 1. The second-order valence-electron chi connectivity index (χ2n) is 6.02. The Balaban J connectivity index is 1.87. The molecule has 136 valence electrons. The van der Waals surface area contributed by atoms with Crippen LogP contribution in [0.3, 0.4) is 0 Å². The Hall–Kier alpha value is -3.32. The molecule has 0 saturated heterocycles. The van der Waals surface area contributed by atoms with E-state index in [1.807, 2.05) is 61.5 Å². The van der Waals surface area contributed by atoms with Gasteiger partial charge >= 0.3 is 0 Å². The van der Waals surface area contributed by atoms with Gasteiger partial charge in [-0.2, -0.15) is 10.3 Å². The van der Waals surface area contributed by atoms with Gasteiger partial charge in [-0.3, -0.25) is 4.79 Å². The molecule has 6 heteroatoms. The molecule has 0 aliphatic heterocycles. The van der Waals surface area contributed by atoms with Crippen LogP contribution in [0.4, 0.5) is 5.69 Å². The standard InChI is InChI=1S/C21H19N3O3/c1-15-7-9-17(10-8-15)20(16-5-3-2-4-6-16)22-23-21(25)18-11-13-19(14-12-18)24(26)27/h2-14,24,26H,1H3,(H,23,25). The van der Waals surface area contributed by atoms with Gasteiger partial charge in [-0.25, -0.2) is 10.6 Å². The summed E-state index contributed by atoms with van der Waals surface area (Å²) in [6, 6.07) is 23.2. The molecule has 0 heterocycles. The van der Waals surface area contributed by atoms with Crippen molar-refractivity contribution in [3.8, 4) is 0 Å². The highest BCUT2D eigenvalue weighted by Gasteiger charge is 2.10. The lowest BCUT2D eigenvalue weighted by atomic mass is 10.0. The van der Waals surface area contributed by atoms with Crippen LogP contribution in [-0.4, -0.2) is 16.8 Å². The molecule has 0 bridgehead atoms. The van der Waals surface area contributed by atoms with E-state index in [0.717, 1.165) is 16.7 Å². The number of quaternary nitrogens is 1. The van der Waals surface area contributed by atoms with E-state index in [2.05, 4.69) is 10.5 Å². The van der Waals surface area contributed by atoms with E-state index in [0.29, 0.717) is 11.3 Å². The maximum absolute atomic E-state index is 12.4. The summed E-state index contributed by atoms with van der Waals surface area (Å²) in [5, 5.41) is 23.1. The van der Waals surface area contributed by atoms with Crippen molar-refractivity contribution in [2.24, 2.45) is 5.10 Å². The number of carbonyl (C=O) groups is 1. The second kappa shape index (κ2) is 8.37. The number of hydrogen-bond donors (Lipinski definition) is 3. The first-order valence-corrected chi connectivity index (χ1v) is 8.38. The smallest absolute Gasteiger partial charge is 0.271 e. The molecule has 0 aromatic heterocycles. The van der Waals surface area contributed by atoms with Crippen molar-refractivity contribution >= 4 is 17.3 Å². The van der Waals surface area contributed by atoms with Gasteiger partial charge in [-0.05, 0) is 19.1 Å². The van der Waals surface area contributed by atoms with Crippen molar-refractivity contribution in [3.05, 3.63) is 106 Å². The molecule has 0 fully saturated rings. The number of carbonyl (C=O) groups excluding carboxylic acids is 1. The van der Waals surface area contributed by atoms with Crippen molar-refractivity contribution in [1.29, 1.82) is 0 Å². The zero-order chi connectivity index (χ0) is 19.2. The molecule has 0 saturated carbocycles. The van der Waals surface area contributed by atoms with Crippen LogP contribution in [-0.2, 0) is 0 Å². The van der Waals surface area contributed by atoms with Gasteiger partial charge in [0.25, 0.3) is 5.91 Å². The molecule has 1 amide bonds. The van der Waals surface area contributed by atoms with Crippen molar-refractivity contribution in [3.63, 3.8) is 0 Å². The molecule has 6 nitrogen and oxygen atoms in total. The zero-order valence-corrected chi connectivity index (χ0v) is 14.7. The highest BCUT2D eigenvalue weighted by molar-refractivity contribution is 6.13. The van der Waals surface area contributed by atoms with Gasteiger partial charge < -0.3 is 5.21 Å². The number of aryl methyl sites for hydroxylation is 1. The average Bonchev–Trinajstić information content (AvgIpc) is 2.70. The van der Waals surface area contributed by atoms with E-state index in [1.54, 1.807) is 0 Å². The number of nitrogens with zero attached hydrogens (tertiary/aromatic N) is 1. The first-order valence-electron chi connectivity index (χ1n) is 8.38. The zero-order valence-electron chi connectivity index (χ0n) is 14.7. The summed E-state index contributed by atoms with van der Waals surface area (Å²) in [5.41, 5.74) is 6.56. The number of nitrogens with one attached hydrogen (secondary N) is 2. The summed E-state index contributed by atoms with van der Waals surface area (Å²) in [4.78, 5) is 12.4. The van der Waals surface area contributed by atoms with Gasteiger partial charge in [-0.1, -0.05) is 60.2 Å². The molecule has 27 heavy (non-hydrogen) atoms. The lowest BCUT2D eigenvalue weighted by Crippen LogP contribution is -2.99. The average molecular weight is 361 g/mol. The number of rotatable bonds is 5. The highest BCUT2D eigenvalue weighted by atomic mass is 16.8. The molecular weight excluding hydrogens is 342 g/mol. The molecule has 3 N–H and O–H groups in total. The van der Waals surface area contributed by atoms with Gasteiger partial charge in [0.15, 0.2) is 5.69 Å². The Morgan fingerprint density at radius 1 is 0.889 bits per heavy atom. The van der Waals surface area contributed by atoms with Crippen LogP contribution in [0.1, 0.15) is 27.0 Å². The largest absolute Gasteiger partial charge is 0.595 e. The molecule has 1 unspecified atom stereocenters. The summed E-state index contributed by atoms with van der Waals surface area (Å²) in [6.45, 7) is 2.01. The van der Waals surface area contributed by atoms with E-state index >= 15 is 0 Å². The first kappa shape index (κ1) is 18.5. The number of hydrogen-bond acceptors (Lipinski definition) is 4. The Kier molecular flexibility index (Phi) is 5.73. The fourth-order valence-electron chi connectivity index (χ4n) is 2.54. The molecule has 3 aromatic carbocycles. The van der Waals surface area contributed by atoms with E-state index in [-0.39, 0.29) is 5.69 Å². The quantitative estimate of drug-likeness (QED) is 0.482. The molecule has 3 aromatic rings. The van der Waals surface area contributed by atoms with Crippen LogP contribution < -0.4 is 10.7 Å². The van der Waals surface area contributed by atoms with Crippen molar-refractivity contribution in [2.75, 3.05) is 0 Å². The Bertz CT molecular complexity index is 935. The topological polar surface area (TPSA) is 89.2 Å². The predicted molar refractivity (Wildman–Crippen MR) is 103 cm³/mol. The summed E-state index contributed by atoms with van der Waals surface area (Å²) < 4.78 is 0. The summed E-state index contributed by atoms with van der Waals surface area (Å²) in [7, 11) is 0. The first-order chi connectivity index (χ1) is 13.0. The van der Waals surface area contributed by atoms with Crippen molar-refractivity contribution < 1.29 is 15.2 Å². The monoisotopic (exact) mass is 361 g/mol. The van der Waals surface area contributed by atoms with Crippen LogP contribution in [0.2, 0.25) is 0 Å². The summed E-state index contributed by atoms with van der Waals surface area (Å²) in [6.07, 6.45) is 0. The van der Waals surface area contributed by atoms with Gasteiger partial charge in [0, 0.05) is 28.8 Å². The SMILES string of the molecule is Cc1ccc(C(=NNC(=O)c2ccc([NH+]([O-])O)cc2)c2ccccc2)cc1. The Morgan fingerprint density at radius 3 is 2.04 bits per heavy atom. The molecular formula is C21H19N3O3. The maximum atomic E-state index is 12.4. The van der Waals surface area contributed by atoms with Gasteiger partial charge in [0.2, 0.25) is 0 Å². The molecule has 3 rings (SSSR count). The van der Waals surface area contributed by atoms with Crippen LogP contribution in [0.5, 0.6) is 0 Å². The lowest BCUT2D eigenvalue weighted by molar-refractivity contribution is -0.991. The minimum atomic E-state index is -1.04. The summed E-state index contributed by atoms with van der Waals surface area (Å²) >= 11 is 0. The maximum Gasteiger partial charge on any atom is 0.271 e. The van der Waals surface area contributed by atoms with Crippen LogP contribution >= 0.6 is 0 Å². The fraction of sp³-hybridized carbons (Fsp3) is 0.0476. The lowest BCUT2D eigenvalue weighted by Gasteiger charge is -2.11. The van der Waals surface area contributed by atoms with E-state index < -0.39 is 11.1 Å². The minimum Gasteiger partial charge on any atom is -0.595 e. The highest BCUT2D eigenvalue weighted by Crippen LogP contribution is 2.12. The third-order valence-corrected chi connectivity index (χ3v) is 4.04. The third-order valence-electron chi connectivity index (χ3n) is 4.04. The second-order valence-corrected chi connectivity index (χ2v) is 6.02. The molecule has 0 aliphatic carbocycles. The predicted octanol–water partition coefficient (Wildman–Crippen LogP) is 2.58. The minimum absolute atomic E-state index is 0.125. The Labute approximate surface area is 156 Å². The molecule has 0 radical (unpaired) electrons. The number of hydrazone groups is 1. The summed E-state index contributed by atoms with van der Waals surface area (Å²) in [5.74, 6) is -0.410. The van der Waals surface area contributed by atoms with E-state index in [4.69, 9.17) is 5.21 Å². The van der Waals surface area contributed by atoms with Gasteiger partial charge in [0.1, 0.15) is 0 Å². The van der Waals surface area contributed by atoms with Crippen molar-refractivity contribution in [1.82, 2.24) is 5.43 Å². The van der Waals surface area contributed by atoms with Gasteiger partial charge in [-0.15, -0.1) is 0 Å². The van der Waals surface area contributed by atoms with E-state index in [1.165, 1.54) is 24.3 Å². The van der Waals surface area contributed by atoms with Crippen LogP contribution in [0, 0.1) is 12.1 Å². The third kappa shape index (κ3) is 4.65. The normalized spacial score (nSPS) is 12.5. The molecule has 1 atom stereocenters. The molecule has 0 aliphatic rings. The van der Waals surface area contributed by atoms with Crippen LogP contribution in [0.15, 0.2) is 84.0 Å². The van der Waals surface area contributed by atoms with Gasteiger partial charge in [0.05, 0.1) is 5.71 Å². The fourth-order valence-corrected chi connectivity index (χ4v) is 2.54. The van der Waals surface area contributed by atoms with Crippen molar-refractivity contribution in [2.45, 2.75) is 6.92 Å². The molecule has 0 spiro atoms. The van der Waals surface area contributed by atoms with E-state index in [9.17, 15) is 10.0 Å². The Morgan fingerprint density at radius 2 is 1.44 bits per heavy atom. The number of benzene rings is 3.